The van der Waals surface area contributed by atoms with Gasteiger partial charge in [-0.05, 0) is 6.07 Å². The SMILES string of the molecule is C[n+]1cc(CC#C[Si](C)(C)C)ccc1CC#C[Si](C)(C)C. The smallest absolute Gasteiger partial charge is 0.193 e. The van der Waals surface area contributed by atoms with Crippen molar-refractivity contribution in [1.82, 2.24) is 0 Å². The molecule has 1 nitrogen and oxygen atoms in total. The van der Waals surface area contributed by atoms with Gasteiger partial charge in [-0.3, -0.25) is 0 Å². The second-order valence-corrected chi connectivity index (χ2v) is 17.1. The van der Waals surface area contributed by atoms with Crippen molar-refractivity contribution in [1.29, 1.82) is 0 Å². The number of aromatic nitrogens is 1. The Morgan fingerprint density at radius 3 is 1.86 bits per heavy atom. The fraction of sp³-hybridized carbons (Fsp3) is 0.500. The molecule has 0 unspecified atom stereocenters. The third kappa shape index (κ3) is 7.90. The van der Waals surface area contributed by atoms with Crippen molar-refractivity contribution in [3.63, 3.8) is 0 Å². The summed E-state index contributed by atoms with van der Waals surface area (Å²) in [4.78, 5) is 0. The summed E-state index contributed by atoms with van der Waals surface area (Å²) in [7, 11) is -0.415. The largest absolute Gasteiger partial charge is 0.204 e. The van der Waals surface area contributed by atoms with E-state index in [1.807, 2.05) is 0 Å². The first-order chi connectivity index (χ1) is 9.57. The summed E-state index contributed by atoms with van der Waals surface area (Å²) in [5.74, 6) is 6.66. The van der Waals surface area contributed by atoms with Gasteiger partial charge in [0.15, 0.2) is 11.9 Å². The van der Waals surface area contributed by atoms with Crippen LogP contribution in [0.25, 0.3) is 0 Å². The molecule has 0 N–H and O–H groups in total. The third-order valence-electron chi connectivity index (χ3n) is 2.79. The van der Waals surface area contributed by atoms with Crippen molar-refractivity contribution in [2.75, 3.05) is 0 Å². The standard InChI is InChI=1S/C18H28NSi2/c1-19-16-17(10-8-14-20(2,3)4)12-13-18(19)11-9-15-21(5,6)7/h12-13,16H,10-11H2,1-7H3/q+1. The van der Waals surface area contributed by atoms with Crippen LogP contribution in [0.15, 0.2) is 18.3 Å². The normalized spacial score (nSPS) is 11.2. The topological polar surface area (TPSA) is 3.88 Å². The first-order valence-corrected chi connectivity index (χ1v) is 14.5. The lowest BCUT2D eigenvalue weighted by molar-refractivity contribution is -0.678. The van der Waals surface area contributed by atoms with Crippen molar-refractivity contribution >= 4 is 16.1 Å². The van der Waals surface area contributed by atoms with Crippen molar-refractivity contribution in [3.8, 4) is 22.9 Å². The number of rotatable bonds is 2. The number of hydrogen-bond acceptors (Lipinski definition) is 0. The Bertz CT molecular complexity index is 611. The van der Waals surface area contributed by atoms with E-state index in [1.165, 1.54) is 11.3 Å². The molecule has 1 aromatic rings. The highest BCUT2D eigenvalue weighted by atomic mass is 28.3. The third-order valence-corrected chi connectivity index (χ3v) is 4.64. The van der Waals surface area contributed by atoms with E-state index in [0.29, 0.717) is 0 Å². The van der Waals surface area contributed by atoms with Crippen molar-refractivity contribution < 1.29 is 4.57 Å². The molecule has 0 bridgehead atoms. The molecule has 0 spiro atoms. The Morgan fingerprint density at radius 1 is 0.857 bits per heavy atom. The van der Waals surface area contributed by atoms with E-state index in [4.69, 9.17) is 0 Å². The zero-order valence-electron chi connectivity index (χ0n) is 14.6. The maximum atomic E-state index is 3.42. The van der Waals surface area contributed by atoms with Gasteiger partial charge in [-0.2, -0.15) is 0 Å². The van der Waals surface area contributed by atoms with Crippen LogP contribution < -0.4 is 4.57 Å². The summed E-state index contributed by atoms with van der Waals surface area (Å²) in [5.41, 5.74) is 9.39. The van der Waals surface area contributed by atoms with Gasteiger partial charge in [0.2, 0.25) is 0 Å². The van der Waals surface area contributed by atoms with Gasteiger partial charge in [0.05, 0.1) is 6.42 Å². The maximum Gasteiger partial charge on any atom is 0.193 e. The van der Waals surface area contributed by atoms with E-state index in [2.05, 4.69) is 92.2 Å². The molecule has 0 amide bonds. The van der Waals surface area contributed by atoms with Gasteiger partial charge in [-0.15, -0.1) is 17.0 Å². The lowest BCUT2D eigenvalue weighted by Crippen LogP contribution is -2.33. The molecule has 0 aliphatic heterocycles. The van der Waals surface area contributed by atoms with Crippen molar-refractivity contribution in [2.45, 2.75) is 52.1 Å². The number of nitrogens with zero attached hydrogens (tertiary/aromatic N) is 1. The molecular weight excluding hydrogens is 286 g/mol. The van der Waals surface area contributed by atoms with Gasteiger partial charge < -0.3 is 0 Å². The molecule has 1 aromatic heterocycles. The van der Waals surface area contributed by atoms with Crippen molar-refractivity contribution in [3.05, 3.63) is 29.6 Å². The molecule has 0 aliphatic rings. The quantitative estimate of drug-likeness (QED) is 0.448. The molecule has 0 radical (unpaired) electrons. The molecule has 1 heterocycles. The first kappa shape index (κ1) is 17.8. The molecule has 3 heteroatoms. The molecule has 0 aliphatic carbocycles. The molecule has 0 aromatic carbocycles. The minimum absolute atomic E-state index is 0.835. The van der Waals surface area contributed by atoms with E-state index in [1.54, 1.807) is 0 Å². The van der Waals surface area contributed by atoms with E-state index in [-0.39, 0.29) is 0 Å². The average Bonchev–Trinajstić information content (AvgIpc) is 2.28. The monoisotopic (exact) mass is 314 g/mol. The zero-order valence-corrected chi connectivity index (χ0v) is 16.6. The van der Waals surface area contributed by atoms with E-state index in [0.717, 1.165) is 12.8 Å². The van der Waals surface area contributed by atoms with Crippen LogP contribution >= 0.6 is 0 Å². The number of aryl methyl sites for hydroxylation is 1. The Kier molecular flexibility index (Phi) is 6.02. The van der Waals surface area contributed by atoms with Crippen LogP contribution in [0, 0.1) is 22.9 Å². The van der Waals surface area contributed by atoms with E-state index >= 15 is 0 Å². The summed E-state index contributed by atoms with van der Waals surface area (Å²) in [6.07, 6.45) is 3.87. The van der Waals surface area contributed by atoms with Crippen LogP contribution in [-0.4, -0.2) is 16.1 Å². The molecule has 0 fully saturated rings. The molecule has 21 heavy (non-hydrogen) atoms. The van der Waals surface area contributed by atoms with Gasteiger partial charge >= 0.3 is 0 Å². The Balaban J connectivity index is 2.76. The highest BCUT2D eigenvalue weighted by Crippen LogP contribution is 2.02. The lowest BCUT2D eigenvalue weighted by Gasteiger charge is -2.04. The Labute approximate surface area is 132 Å². The molecular formula is C18H28NSi2+. The minimum atomic E-state index is -1.26. The molecule has 0 atom stereocenters. The summed E-state index contributed by atoms with van der Waals surface area (Å²) in [6.45, 7) is 13.7. The summed E-state index contributed by atoms with van der Waals surface area (Å²) in [5, 5.41) is 0. The average molecular weight is 315 g/mol. The zero-order chi connectivity index (χ0) is 16.1. The van der Waals surface area contributed by atoms with Gasteiger partial charge in [-0.1, -0.05) is 45.2 Å². The van der Waals surface area contributed by atoms with Gasteiger partial charge in [0, 0.05) is 18.1 Å². The van der Waals surface area contributed by atoms with Crippen LogP contribution in [0.5, 0.6) is 0 Å². The highest BCUT2D eigenvalue weighted by Gasteiger charge is 2.10. The second kappa shape index (κ2) is 7.12. The van der Waals surface area contributed by atoms with Crippen LogP contribution in [0.1, 0.15) is 11.3 Å². The molecule has 0 saturated heterocycles. The predicted molar refractivity (Wildman–Crippen MR) is 97.3 cm³/mol. The molecule has 1 rings (SSSR count). The number of pyridine rings is 1. The van der Waals surface area contributed by atoms with Gasteiger partial charge in [0.25, 0.3) is 0 Å². The second-order valence-electron chi connectivity index (χ2n) is 7.60. The Hall–Kier alpha value is -1.30. The fourth-order valence-electron chi connectivity index (χ4n) is 1.80. The van der Waals surface area contributed by atoms with Crippen LogP contribution in [0.2, 0.25) is 39.3 Å². The van der Waals surface area contributed by atoms with Crippen molar-refractivity contribution in [2.24, 2.45) is 7.05 Å². The van der Waals surface area contributed by atoms with E-state index < -0.39 is 16.1 Å². The van der Waals surface area contributed by atoms with Gasteiger partial charge in [0.1, 0.15) is 23.2 Å². The van der Waals surface area contributed by atoms with Crippen LogP contribution in [0.4, 0.5) is 0 Å². The Morgan fingerprint density at radius 2 is 1.38 bits per heavy atom. The fourth-order valence-corrected chi connectivity index (χ4v) is 3.03. The summed E-state index contributed by atoms with van der Waals surface area (Å²) >= 11 is 0. The lowest BCUT2D eigenvalue weighted by atomic mass is 10.2. The molecule has 0 saturated carbocycles. The predicted octanol–water partition coefficient (Wildman–Crippen LogP) is 3.36. The van der Waals surface area contributed by atoms with Gasteiger partial charge in [-0.25, -0.2) is 4.57 Å². The minimum Gasteiger partial charge on any atom is -0.204 e. The summed E-state index contributed by atoms with van der Waals surface area (Å²) in [6, 6.07) is 4.37. The highest BCUT2D eigenvalue weighted by molar-refractivity contribution is 6.84. The van der Waals surface area contributed by atoms with Crippen LogP contribution in [-0.2, 0) is 19.9 Å². The summed E-state index contributed by atoms with van der Waals surface area (Å²) < 4.78 is 2.18. The molecule has 112 valence electrons. The maximum absolute atomic E-state index is 3.42. The number of hydrogen-bond donors (Lipinski definition) is 0. The van der Waals surface area contributed by atoms with E-state index in [9.17, 15) is 0 Å². The van der Waals surface area contributed by atoms with Crippen LogP contribution in [0.3, 0.4) is 0 Å². The first-order valence-electron chi connectivity index (χ1n) is 7.54.